The molecule has 0 radical (unpaired) electrons. The first-order valence-electron chi connectivity index (χ1n) is 4.37. The lowest BCUT2D eigenvalue weighted by Crippen LogP contribution is -2.15. The number of likely N-dealkylation sites (N-methyl/N-ethyl adjacent to an activating group) is 1. The summed E-state index contributed by atoms with van der Waals surface area (Å²) in [5, 5.41) is 8.82. The van der Waals surface area contributed by atoms with Gasteiger partial charge < -0.3 is 4.90 Å². The molecule has 0 aliphatic rings. The van der Waals surface area contributed by atoms with E-state index in [0.717, 1.165) is 24.1 Å². The predicted molar refractivity (Wildman–Crippen MR) is 53.4 cm³/mol. The molecule has 2 nitrogen and oxygen atoms in total. The van der Waals surface area contributed by atoms with Gasteiger partial charge in [-0.15, -0.1) is 0 Å². The molecule has 0 fully saturated rings. The molecule has 0 amide bonds. The molecule has 0 N–H and O–H groups in total. The minimum absolute atomic E-state index is 0.796. The number of hydrogen-bond acceptors (Lipinski definition) is 2. The van der Waals surface area contributed by atoms with Gasteiger partial charge in [-0.25, -0.2) is 0 Å². The standard InChI is InChI=1S/C11H14N2/c1-13(2)8-7-10-5-3-4-6-11(10)9-12/h3-6H,7-8H2,1-2H3. The van der Waals surface area contributed by atoms with Gasteiger partial charge in [0.25, 0.3) is 0 Å². The van der Waals surface area contributed by atoms with E-state index >= 15 is 0 Å². The van der Waals surface area contributed by atoms with Crippen LogP contribution in [0.15, 0.2) is 24.3 Å². The minimum atomic E-state index is 0.796. The fourth-order valence-corrected chi connectivity index (χ4v) is 1.19. The van der Waals surface area contributed by atoms with Gasteiger partial charge in [0.2, 0.25) is 0 Å². The van der Waals surface area contributed by atoms with Crippen LogP contribution in [0.4, 0.5) is 0 Å². The quantitative estimate of drug-likeness (QED) is 0.697. The molecule has 0 saturated carbocycles. The maximum atomic E-state index is 8.82. The average molecular weight is 174 g/mol. The van der Waals surface area contributed by atoms with E-state index in [2.05, 4.69) is 11.0 Å². The Kier molecular flexibility index (Phi) is 3.48. The number of rotatable bonds is 3. The zero-order valence-corrected chi connectivity index (χ0v) is 8.12. The van der Waals surface area contributed by atoms with Crippen LogP contribution < -0.4 is 0 Å². The topological polar surface area (TPSA) is 27.0 Å². The normalized spacial score (nSPS) is 10.0. The van der Waals surface area contributed by atoms with Crippen LogP contribution in [0, 0.1) is 11.3 Å². The van der Waals surface area contributed by atoms with Crippen molar-refractivity contribution in [3.8, 4) is 6.07 Å². The summed E-state index contributed by atoms with van der Waals surface area (Å²) >= 11 is 0. The van der Waals surface area contributed by atoms with Crippen LogP contribution >= 0.6 is 0 Å². The summed E-state index contributed by atoms with van der Waals surface area (Å²) in [4.78, 5) is 2.12. The molecule has 0 spiro atoms. The smallest absolute Gasteiger partial charge is 0.0994 e. The third kappa shape index (κ3) is 2.89. The zero-order valence-electron chi connectivity index (χ0n) is 8.12. The van der Waals surface area contributed by atoms with Gasteiger partial charge in [0, 0.05) is 6.54 Å². The van der Waals surface area contributed by atoms with E-state index in [-0.39, 0.29) is 0 Å². The second-order valence-electron chi connectivity index (χ2n) is 3.32. The van der Waals surface area contributed by atoms with E-state index in [1.54, 1.807) is 0 Å². The fourth-order valence-electron chi connectivity index (χ4n) is 1.19. The molecule has 0 aliphatic heterocycles. The highest BCUT2D eigenvalue weighted by atomic mass is 15.0. The van der Waals surface area contributed by atoms with Gasteiger partial charge in [0.05, 0.1) is 11.6 Å². The van der Waals surface area contributed by atoms with Crippen molar-refractivity contribution in [3.63, 3.8) is 0 Å². The number of hydrogen-bond donors (Lipinski definition) is 0. The monoisotopic (exact) mass is 174 g/mol. The van der Waals surface area contributed by atoms with Crippen molar-refractivity contribution in [1.29, 1.82) is 5.26 Å². The Bertz CT molecular complexity index is 310. The first-order valence-corrected chi connectivity index (χ1v) is 4.37. The molecule has 0 unspecified atom stereocenters. The lowest BCUT2D eigenvalue weighted by atomic mass is 10.1. The first-order chi connectivity index (χ1) is 6.24. The van der Waals surface area contributed by atoms with Crippen molar-refractivity contribution in [2.75, 3.05) is 20.6 Å². The lowest BCUT2D eigenvalue weighted by molar-refractivity contribution is 0.413. The molecule has 0 aromatic heterocycles. The van der Waals surface area contributed by atoms with Crippen molar-refractivity contribution in [2.45, 2.75) is 6.42 Å². The maximum absolute atomic E-state index is 8.82. The van der Waals surface area contributed by atoms with Gasteiger partial charge in [-0.05, 0) is 32.1 Å². The van der Waals surface area contributed by atoms with E-state index in [1.807, 2.05) is 38.4 Å². The molecule has 0 heterocycles. The maximum Gasteiger partial charge on any atom is 0.0994 e. The Labute approximate surface area is 79.4 Å². The van der Waals surface area contributed by atoms with Crippen molar-refractivity contribution in [2.24, 2.45) is 0 Å². The predicted octanol–water partition coefficient (Wildman–Crippen LogP) is 1.66. The summed E-state index contributed by atoms with van der Waals surface area (Å²) in [5.74, 6) is 0. The second kappa shape index (κ2) is 4.64. The van der Waals surface area contributed by atoms with Gasteiger partial charge in [-0.1, -0.05) is 18.2 Å². The van der Waals surface area contributed by atoms with Gasteiger partial charge >= 0.3 is 0 Å². The summed E-state index contributed by atoms with van der Waals surface area (Å²) in [5.41, 5.74) is 1.93. The Hall–Kier alpha value is -1.33. The van der Waals surface area contributed by atoms with Crippen molar-refractivity contribution in [3.05, 3.63) is 35.4 Å². The zero-order chi connectivity index (χ0) is 9.68. The highest BCUT2D eigenvalue weighted by molar-refractivity contribution is 5.37. The van der Waals surface area contributed by atoms with Crippen LogP contribution in [0.5, 0.6) is 0 Å². The van der Waals surface area contributed by atoms with Crippen molar-refractivity contribution < 1.29 is 0 Å². The fraction of sp³-hybridized carbons (Fsp3) is 0.364. The molecule has 1 rings (SSSR count). The number of nitrogens with zero attached hydrogens (tertiary/aromatic N) is 2. The highest BCUT2D eigenvalue weighted by Crippen LogP contribution is 2.07. The SMILES string of the molecule is CN(C)CCc1ccccc1C#N. The summed E-state index contributed by atoms with van der Waals surface area (Å²) in [6, 6.07) is 9.96. The molecular weight excluding hydrogens is 160 g/mol. The highest BCUT2D eigenvalue weighted by Gasteiger charge is 2.00. The number of nitriles is 1. The molecular formula is C11H14N2. The van der Waals surface area contributed by atoms with Crippen LogP contribution in [0.1, 0.15) is 11.1 Å². The van der Waals surface area contributed by atoms with Gasteiger partial charge in [0.15, 0.2) is 0 Å². The first kappa shape index (κ1) is 9.76. The Morgan fingerprint density at radius 3 is 2.62 bits per heavy atom. The third-order valence-electron chi connectivity index (χ3n) is 1.97. The molecule has 0 bridgehead atoms. The second-order valence-corrected chi connectivity index (χ2v) is 3.32. The Morgan fingerprint density at radius 2 is 2.00 bits per heavy atom. The average Bonchev–Trinajstić information content (AvgIpc) is 2.15. The van der Waals surface area contributed by atoms with Gasteiger partial charge in [0.1, 0.15) is 0 Å². The molecule has 2 heteroatoms. The van der Waals surface area contributed by atoms with E-state index < -0.39 is 0 Å². The van der Waals surface area contributed by atoms with Crippen LogP contribution in [0.25, 0.3) is 0 Å². The van der Waals surface area contributed by atoms with Crippen molar-refractivity contribution >= 4 is 0 Å². The van der Waals surface area contributed by atoms with E-state index in [4.69, 9.17) is 5.26 Å². The van der Waals surface area contributed by atoms with E-state index in [0.29, 0.717) is 0 Å². The third-order valence-corrected chi connectivity index (χ3v) is 1.97. The molecule has 0 aliphatic carbocycles. The van der Waals surface area contributed by atoms with E-state index in [1.165, 1.54) is 0 Å². The van der Waals surface area contributed by atoms with Crippen LogP contribution in [0.3, 0.4) is 0 Å². The van der Waals surface area contributed by atoms with Crippen molar-refractivity contribution in [1.82, 2.24) is 4.90 Å². The minimum Gasteiger partial charge on any atom is -0.309 e. The summed E-state index contributed by atoms with van der Waals surface area (Å²) in [6.45, 7) is 0.985. The lowest BCUT2D eigenvalue weighted by Gasteiger charge is -2.09. The number of benzene rings is 1. The van der Waals surface area contributed by atoms with E-state index in [9.17, 15) is 0 Å². The Morgan fingerprint density at radius 1 is 1.31 bits per heavy atom. The molecule has 68 valence electrons. The molecule has 13 heavy (non-hydrogen) atoms. The molecule has 0 saturated heterocycles. The molecule has 1 aromatic carbocycles. The van der Waals surface area contributed by atoms with Crippen LogP contribution in [0.2, 0.25) is 0 Å². The van der Waals surface area contributed by atoms with Crippen LogP contribution in [-0.2, 0) is 6.42 Å². The molecule has 0 atom stereocenters. The van der Waals surface area contributed by atoms with Gasteiger partial charge in [-0.2, -0.15) is 5.26 Å². The Balaban J connectivity index is 2.71. The summed E-state index contributed by atoms with van der Waals surface area (Å²) in [7, 11) is 4.07. The molecule has 1 aromatic rings. The van der Waals surface area contributed by atoms with Gasteiger partial charge in [-0.3, -0.25) is 0 Å². The summed E-state index contributed by atoms with van der Waals surface area (Å²) in [6.07, 6.45) is 0.941. The largest absolute Gasteiger partial charge is 0.309 e. The summed E-state index contributed by atoms with van der Waals surface area (Å²) < 4.78 is 0. The van der Waals surface area contributed by atoms with Crippen LogP contribution in [-0.4, -0.2) is 25.5 Å².